The van der Waals surface area contributed by atoms with Gasteiger partial charge in [-0.05, 0) is 53.9 Å². The van der Waals surface area contributed by atoms with Crippen molar-refractivity contribution in [2.45, 2.75) is 36.4 Å². The maximum Gasteiger partial charge on any atom is 0.221 e. The molecule has 0 aliphatic carbocycles. The summed E-state index contributed by atoms with van der Waals surface area (Å²) in [6, 6.07) is 23.1. The molecular formula is C28H34N2O6S. The standard InChI is InChI=1S/C28H34N2O6S/c1-35-23-11-13-25(14-12-23)37(33,34)16-15-28(32)30-20-27(31)26(18-21-7-4-3-5-8-21)29-19-22-9-6-10-24(17-22)36-2/h3-14,17,26-27,29,31H,15-16,18-20H2,1-2H3,(H,30,32). The van der Waals surface area contributed by atoms with Gasteiger partial charge in [0.15, 0.2) is 9.84 Å². The number of hydrogen-bond acceptors (Lipinski definition) is 7. The average Bonchev–Trinajstić information content (AvgIpc) is 2.93. The van der Waals surface area contributed by atoms with E-state index in [1.54, 1.807) is 19.2 Å². The maximum atomic E-state index is 12.6. The summed E-state index contributed by atoms with van der Waals surface area (Å²) in [4.78, 5) is 12.5. The Balaban J connectivity index is 1.56. The molecule has 0 spiro atoms. The summed E-state index contributed by atoms with van der Waals surface area (Å²) in [5, 5.41) is 17.0. The fourth-order valence-electron chi connectivity index (χ4n) is 3.82. The highest BCUT2D eigenvalue weighted by atomic mass is 32.2. The topological polar surface area (TPSA) is 114 Å². The minimum atomic E-state index is -3.62. The Bertz CT molecular complexity index is 1230. The van der Waals surface area contributed by atoms with E-state index in [0.29, 0.717) is 18.7 Å². The lowest BCUT2D eigenvalue weighted by Gasteiger charge is -2.25. The van der Waals surface area contributed by atoms with E-state index in [2.05, 4.69) is 10.6 Å². The van der Waals surface area contributed by atoms with Gasteiger partial charge in [-0.15, -0.1) is 0 Å². The zero-order valence-electron chi connectivity index (χ0n) is 21.1. The quantitative estimate of drug-likeness (QED) is 0.296. The first-order valence-corrected chi connectivity index (χ1v) is 13.7. The van der Waals surface area contributed by atoms with Crippen molar-refractivity contribution in [3.05, 3.63) is 90.0 Å². The Morgan fingerprint density at radius 3 is 2.24 bits per heavy atom. The van der Waals surface area contributed by atoms with Crippen molar-refractivity contribution in [1.29, 1.82) is 0 Å². The molecule has 0 fully saturated rings. The number of ether oxygens (including phenoxy) is 2. The Morgan fingerprint density at radius 1 is 0.892 bits per heavy atom. The minimum Gasteiger partial charge on any atom is -0.497 e. The zero-order chi connectivity index (χ0) is 26.7. The van der Waals surface area contributed by atoms with Crippen LogP contribution in [-0.4, -0.2) is 58.1 Å². The predicted molar refractivity (Wildman–Crippen MR) is 142 cm³/mol. The van der Waals surface area contributed by atoms with E-state index in [-0.39, 0.29) is 29.7 Å². The van der Waals surface area contributed by atoms with Crippen LogP contribution in [0.1, 0.15) is 17.5 Å². The van der Waals surface area contributed by atoms with E-state index in [9.17, 15) is 18.3 Å². The van der Waals surface area contributed by atoms with Crippen LogP contribution in [0.15, 0.2) is 83.8 Å². The Labute approximate surface area is 218 Å². The summed E-state index contributed by atoms with van der Waals surface area (Å²) in [5.41, 5.74) is 2.04. The largest absolute Gasteiger partial charge is 0.497 e. The number of aliphatic hydroxyl groups is 1. The van der Waals surface area contributed by atoms with Crippen LogP contribution in [0.25, 0.3) is 0 Å². The fraction of sp³-hybridized carbons (Fsp3) is 0.321. The molecule has 0 aromatic heterocycles. The molecular weight excluding hydrogens is 492 g/mol. The molecule has 0 heterocycles. The van der Waals surface area contributed by atoms with Gasteiger partial charge in [-0.25, -0.2) is 8.42 Å². The minimum absolute atomic E-state index is 0.00989. The van der Waals surface area contributed by atoms with Crippen LogP contribution in [0.3, 0.4) is 0 Å². The number of benzene rings is 3. The Kier molecular flexibility index (Phi) is 10.5. The van der Waals surface area contributed by atoms with Crippen LogP contribution in [0.2, 0.25) is 0 Å². The van der Waals surface area contributed by atoms with Gasteiger partial charge >= 0.3 is 0 Å². The lowest BCUT2D eigenvalue weighted by molar-refractivity contribution is -0.121. The highest BCUT2D eigenvalue weighted by Gasteiger charge is 2.21. The molecule has 3 aromatic carbocycles. The molecule has 198 valence electrons. The summed E-state index contributed by atoms with van der Waals surface area (Å²) in [5.74, 6) is 0.525. The molecule has 2 unspecified atom stereocenters. The third-order valence-electron chi connectivity index (χ3n) is 5.99. The van der Waals surface area contributed by atoms with Crippen molar-refractivity contribution in [3.8, 4) is 11.5 Å². The van der Waals surface area contributed by atoms with Gasteiger partial charge in [0.2, 0.25) is 5.91 Å². The van der Waals surface area contributed by atoms with Crippen LogP contribution in [0.4, 0.5) is 0 Å². The molecule has 0 radical (unpaired) electrons. The average molecular weight is 527 g/mol. The maximum absolute atomic E-state index is 12.6. The number of aliphatic hydroxyl groups excluding tert-OH is 1. The zero-order valence-corrected chi connectivity index (χ0v) is 21.9. The van der Waals surface area contributed by atoms with Crippen molar-refractivity contribution in [2.75, 3.05) is 26.5 Å². The normalized spacial score (nSPS) is 12.9. The van der Waals surface area contributed by atoms with Gasteiger partial charge in [0, 0.05) is 25.6 Å². The number of carbonyl (C=O) groups excluding carboxylic acids is 1. The number of amides is 1. The van der Waals surface area contributed by atoms with Gasteiger partial charge in [0.1, 0.15) is 11.5 Å². The number of carbonyl (C=O) groups is 1. The van der Waals surface area contributed by atoms with Crippen molar-refractivity contribution < 1.29 is 27.8 Å². The molecule has 3 aromatic rings. The van der Waals surface area contributed by atoms with Gasteiger partial charge in [0.05, 0.1) is 31.0 Å². The smallest absolute Gasteiger partial charge is 0.221 e. The van der Waals surface area contributed by atoms with Crippen LogP contribution < -0.4 is 20.1 Å². The lowest BCUT2D eigenvalue weighted by Crippen LogP contribution is -2.47. The number of hydrogen-bond donors (Lipinski definition) is 3. The van der Waals surface area contributed by atoms with Crippen molar-refractivity contribution in [2.24, 2.45) is 0 Å². The molecule has 2 atom stereocenters. The molecule has 3 N–H and O–H groups in total. The van der Waals surface area contributed by atoms with E-state index >= 15 is 0 Å². The third-order valence-corrected chi connectivity index (χ3v) is 7.72. The van der Waals surface area contributed by atoms with E-state index < -0.39 is 21.8 Å². The molecule has 9 heteroatoms. The van der Waals surface area contributed by atoms with Gasteiger partial charge in [-0.3, -0.25) is 4.79 Å². The van der Waals surface area contributed by atoms with Gasteiger partial charge in [-0.1, -0.05) is 42.5 Å². The molecule has 0 aliphatic rings. The van der Waals surface area contributed by atoms with E-state index in [1.807, 2.05) is 54.6 Å². The molecule has 1 amide bonds. The summed E-state index contributed by atoms with van der Waals surface area (Å²) in [6.45, 7) is 0.490. The van der Waals surface area contributed by atoms with Crippen LogP contribution >= 0.6 is 0 Å². The van der Waals surface area contributed by atoms with Gasteiger partial charge in [0.25, 0.3) is 0 Å². The molecule has 0 bridgehead atoms. The molecule has 0 saturated carbocycles. The lowest BCUT2D eigenvalue weighted by atomic mass is 10.0. The highest BCUT2D eigenvalue weighted by Crippen LogP contribution is 2.17. The summed E-state index contributed by atoms with van der Waals surface area (Å²) in [7, 11) is -0.511. The van der Waals surface area contributed by atoms with E-state index in [0.717, 1.165) is 16.9 Å². The predicted octanol–water partition coefficient (Wildman–Crippen LogP) is 2.75. The second kappa shape index (κ2) is 13.8. The molecule has 3 rings (SSSR count). The van der Waals surface area contributed by atoms with Crippen molar-refractivity contribution in [3.63, 3.8) is 0 Å². The van der Waals surface area contributed by atoms with Gasteiger partial charge in [-0.2, -0.15) is 0 Å². The first-order valence-electron chi connectivity index (χ1n) is 12.0. The monoisotopic (exact) mass is 526 g/mol. The second-order valence-corrected chi connectivity index (χ2v) is 10.8. The Hall–Kier alpha value is -3.40. The fourth-order valence-corrected chi connectivity index (χ4v) is 5.06. The van der Waals surface area contributed by atoms with Crippen LogP contribution in [0.5, 0.6) is 11.5 Å². The number of methoxy groups -OCH3 is 2. The van der Waals surface area contributed by atoms with E-state index in [1.165, 1.54) is 19.2 Å². The van der Waals surface area contributed by atoms with E-state index in [4.69, 9.17) is 9.47 Å². The number of sulfone groups is 1. The summed E-state index contributed by atoms with van der Waals surface area (Å²) < 4.78 is 35.5. The molecule has 37 heavy (non-hydrogen) atoms. The molecule has 0 aliphatic heterocycles. The first kappa shape index (κ1) is 28.2. The Morgan fingerprint density at radius 2 is 1.57 bits per heavy atom. The highest BCUT2D eigenvalue weighted by molar-refractivity contribution is 7.91. The summed E-state index contributed by atoms with van der Waals surface area (Å²) in [6.07, 6.45) is -0.553. The van der Waals surface area contributed by atoms with Crippen LogP contribution in [0, 0.1) is 0 Å². The first-order chi connectivity index (χ1) is 17.8. The number of rotatable bonds is 14. The SMILES string of the molecule is COc1ccc(S(=O)(=O)CCC(=O)NCC(O)C(Cc2ccccc2)NCc2cccc(OC)c2)cc1. The molecule has 0 saturated heterocycles. The van der Waals surface area contributed by atoms with Crippen molar-refractivity contribution >= 4 is 15.7 Å². The van der Waals surface area contributed by atoms with Crippen LogP contribution in [-0.2, 0) is 27.6 Å². The second-order valence-electron chi connectivity index (χ2n) is 8.64. The van der Waals surface area contributed by atoms with Gasteiger partial charge < -0.3 is 25.2 Å². The van der Waals surface area contributed by atoms with Crippen molar-refractivity contribution in [1.82, 2.24) is 10.6 Å². The molecule has 8 nitrogen and oxygen atoms in total. The number of nitrogens with one attached hydrogen (secondary N) is 2. The summed E-state index contributed by atoms with van der Waals surface area (Å²) >= 11 is 0. The third kappa shape index (κ3) is 8.89.